The molecule has 2 aliphatic rings. The number of likely N-dealkylation sites (tertiary alicyclic amines) is 1. The van der Waals surface area contributed by atoms with Gasteiger partial charge < -0.3 is 24.5 Å². The summed E-state index contributed by atoms with van der Waals surface area (Å²) in [5, 5.41) is 11.7. The van der Waals surface area contributed by atoms with Crippen molar-refractivity contribution in [1.29, 1.82) is 0 Å². The number of hydrogen-bond acceptors (Lipinski definition) is 5. The Kier molecular flexibility index (Phi) is 4.73. The molecule has 158 valence electrons. The van der Waals surface area contributed by atoms with Crippen LogP contribution in [-0.2, 0) is 12.0 Å². The fourth-order valence-corrected chi connectivity index (χ4v) is 5.53. The number of H-pyrrole nitrogens is 1. The Labute approximate surface area is 177 Å². The standard InChI is InChI=1S/C24H29N3O3/c1-26-13-24(14-26)15-27(11-16-5-4-6-17(9-16)29-2)21(12-28)23-22(24)19-8-7-18(30-3)10-20(19)25-23/h4-10,21,25,28H,11-15H2,1-3H3/t21-/m1/s1. The predicted molar refractivity (Wildman–Crippen MR) is 117 cm³/mol. The molecule has 3 aromatic rings. The number of rotatable bonds is 5. The van der Waals surface area contributed by atoms with Crippen molar-refractivity contribution < 1.29 is 14.6 Å². The second-order valence-corrected chi connectivity index (χ2v) is 8.73. The molecule has 0 aliphatic carbocycles. The average Bonchev–Trinajstić information content (AvgIpc) is 3.12. The molecule has 6 nitrogen and oxygen atoms in total. The topological polar surface area (TPSA) is 61.0 Å². The maximum atomic E-state index is 10.4. The van der Waals surface area contributed by atoms with Gasteiger partial charge >= 0.3 is 0 Å². The van der Waals surface area contributed by atoms with E-state index in [4.69, 9.17) is 9.47 Å². The molecule has 6 heteroatoms. The van der Waals surface area contributed by atoms with Gasteiger partial charge in [-0.25, -0.2) is 0 Å². The van der Waals surface area contributed by atoms with Crippen LogP contribution in [0.25, 0.3) is 10.9 Å². The Bertz CT molecular complexity index is 1070. The van der Waals surface area contributed by atoms with Gasteiger partial charge in [-0.3, -0.25) is 4.90 Å². The lowest BCUT2D eigenvalue weighted by Gasteiger charge is -2.55. The van der Waals surface area contributed by atoms with Gasteiger partial charge in [0.15, 0.2) is 0 Å². The molecule has 1 saturated heterocycles. The number of methoxy groups -OCH3 is 2. The van der Waals surface area contributed by atoms with E-state index in [1.807, 2.05) is 18.2 Å². The number of ether oxygens (including phenoxy) is 2. The highest BCUT2D eigenvalue weighted by molar-refractivity contribution is 5.88. The zero-order chi connectivity index (χ0) is 20.9. The third kappa shape index (κ3) is 2.98. The summed E-state index contributed by atoms with van der Waals surface area (Å²) < 4.78 is 10.8. The fourth-order valence-electron chi connectivity index (χ4n) is 5.53. The van der Waals surface area contributed by atoms with Crippen molar-refractivity contribution in [1.82, 2.24) is 14.8 Å². The minimum absolute atomic E-state index is 0.0684. The Morgan fingerprint density at radius 3 is 2.53 bits per heavy atom. The summed E-state index contributed by atoms with van der Waals surface area (Å²) in [7, 11) is 5.56. The number of aromatic amines is 1. The predicted octanol–water partition coefficient (Wildman–Crippen LogP) is 2.92. The zero-order valence-corrected chi connectivity index (χ0v) is 17.8. The first-order valence-electron chi connectivity index (χ1n) is 10.4. The van der Waals surface area contributed by atoms with Crippen LogP contribution in [0.4, 0.5) is 0 Å². The number of aliphatic hydroxyl groups is 1. The smallest absolute Gasteiger partial charge is 0.120 e. The molecule has 1 fully saturated rings. The van der Waals surface area contributed by atoms with Crippen LogP contribution in [0.1, 0.15) is 22.9 Å². The van der Waals surface area contributed by atoms with Gasteiger partial charge in [0, 0.05) is 54.3 Å². The summed E-state index contributed by atoms with van der Waals surface area (Å²) in [5.74, 6) is 1.70. The number of aliphatic hydroxyl groups excluding tert-OH is 1. The second kappa shape index (κ2) is 7.30. The van der Waals surface area contributed by atoms with E-state index in [0.29, 0.717) is 0 Å². The zero-order valence-electron chi connectivity index (χ0n) is 17.8. The molecule has 2 N–H and O–H groups in total. The fraction of sp³-hybridized carbons (Fsp3) is 0.417. The second-order valence-electron chi connectivity index (χ2n) is 8.73. The summed E-state index contributed by atoms with van der Waals surface area (Å²) >= 11 is 0. The number of nitrogens with one attached hydrogen (secondary N) is 1. The molecular formula is C24H29N3O3. The Morgan fingerprint density at radius 2 is 1.83 bits per heavy atom. The molecule has 0 bridgehead atoms. The molecule has 30 heavy (non-hydrogen) atoms. The van der Waals surface area contributed by atoms with Gasteiger partial charge in [0.2, 0.25) is 0 Å². The van der Waals surface area contributed by atoms with Crippen molar-refractivity contribution in [3.8, 4) is 11.5 Å². The Morgan fingerprint density at radius 1 is 1.07 bits per heavy atom. The van der Waals surface area contributed by atoms with E-state index >= 15 is 0 Å². The largest absolute Gasteiger partial charge is 0.497 e. The highest BCUT2D eigenvalue weighted by atomic mass is 16.5. The molecule has 3 heterocycles. The SMILES string of the molecule is COc1cccc(CN2CC3(CN(C)C3)c3c([nH]c4cc(OC)ccc34)[C@H]2CO)c1. The maximum Gasteiger partial charge on any atom is 0.120 e. The van der Waals surface area contributed by atoms with Crippen molar-refractivity contribution in [2.75, 3.05) is 47.5 Å². The molecule has 2 aromatic carbocycles. The molecule has 0 saturated carbocycles. The molecule has 0 unspecified atom stereocenters. The van der Waals surface area contributed by atoms with Crippen LogP contribution in [-0.4, -0.2) is 67.4 Å². The molecule has 0 amide bonds. The summed E-state index contributed by atoms with van der Waals surface area (Å²) in [5.41, 5.74) is 4.86. The number of aromatic nitrogens is 1. The van der Waals surface area contributed by atoms with E-state index in [0.717, 1.165) is 48.9 Å². The van der Waals surface area contributed by atoms with Gasteiger partial charge in [-0.05, 0) is 42.4 Å². The van der Waals surface area contributed by atoms with E-state index in [2.05, 4.69) is 46.1 Å². The van der Waals surface area contributed by atoms with E-state index in [-0.39, 0.29) is 18.1 Å². The normalized spacial score (nSPS) is 20.9. The van der Waals surface area contributed by atoms with Crippen LogP contribution in [0.3, 0.4) is 0 Å². The summed E-state index contributed by atoms with van der Waals surface area (Å²) in [6.07, 6.45) is 0. The van der Waals surface area contributed by atoms with Crippen LogP contribution < -0.4 is 9.47 Å². The first kappa shape index (κ1) is 19.4. The van der Waals surface area contributed by atoms with Gasteiger partial charge in [-0.1, -0.05) is 12.1 Å². The van der Waals surface area contributed by atoms with Gasteiger partial charge in [-0.15, -0.1) is 0 Å². The number of benzene rings is 2. The minimum Gasteiger partial charge on any atom is -0.497 e. The first-order chi connectivity index (χ1) is 14.6. The van der Waals surface area contributed by atoms with Crippen molar-refractivity contribution in [3.63, 3.8) is 0 Å². The number of nitrogens with zero attached hydrogens (tertiary/aromatic N) is 2. The molecular weight excluding hydrogens is 378 g/mol. The van der Waals surface area contributed by atoms with Gasteiger partial charge in [0.1, 0.15) is 11.5 Å². The summed E-state index contributed by atoms with van der Waals surface area (Å²) in [4.78, 5) is 8.43. The monoisotopic (exact) mass is 407 g/mol. The van der Waals surface area contributed by atoms with Gasteiger partial charge in [0.05, 0.1) is 26.9 Å². The lowest BCUT2D eigenvalue weighted by atomic mass is 9.69. The third-order valence-corrected chi connectivity index (χ3v) is 6.68. The number of hydrogen-bond donors (Lipinski definition) is 2. The summed E-state index contributed by atoms with van der Waals surface area (Å²) in [6, 6.07) is 14.4. The third-order valence-electron chi connectivity index (χ3n) is 6.68. The van der Waals surface area contributed by atoms with Crippen molar-refractivity contribution in [3.05, 3.63) is 59.3 Å². The van der Waals surface area contributed by atoms with E-state index < -0.39 is 0 Å². The first-order valence-corrected chi connectivity index (χ1v) is 10.4. The Balaban J connectivity index is 1.59. The van der Waals surface area contributed by atoms with Crippen LogP contribution in [0.2, 0.25) is 0 Å². The van der Waals surface area contributed by atoms with Gasteiger partial charge in [-0.2, -0.15) is 0 Å². The lowest BCUT2D eigenvalue weighted by Crippen LogP contribution is -2.65. The Hall–Kier alpha value is -2.54. The average molecular weight is 408 g/mol. The van der Waals surface area contributed by atoms with Crippen molar-refractivity contribution in [2.24, 2.45) is 0 Å². The number of fused-ring (bicyclic) bond motifs is 4. The van der Waals surface area contributed by atoms with Crippen molar-refractivity contribution >= 4 is 10.9 Å². The molecule has 1 atom stereocenters. The molecule has 1 spiro atoms. The molecule has 2 aliphatic heterocycles. The minimum atomic E-state index is -0.0684. The van der Waals surface area contributed by atoms with E-state index in [1.165, 1.54) is 16.5 Å². The van der Waals surface area contributed by atoms with E-state index in [9.17, 15) is 5.11 Å². The highest BCUT2D eigenvalue weighted by Gasteiger charge is 2.51. The van der Waals surface area contributed by atoms with E-state index in [1.54, 1.807) is 14.2 Å². The maximum absolute atomic E-state index is 10.4. The lowest BCUT2D eigenvalue weighted by molar-refractivity contribution is 0.00420. The molecule has 5 rings (SSSR count). The highest BCUT2D eigenvalue weighted by Crippen LogP contribution is 2.48. The molecule has 1 aromatic heterocycles. The quantitative estimate of drug-likeness (QED) is 0.681. The van der Waals surface area contributed by atoms with Crippen LogP contribution >= 0.6 is 0 Å². The summed E-state index contributed by atoms with van der Waals surface area (Å²) in [6.45, 7) is 3.81. The number of likely N-dealkylation sites (N-methyl/N-ethyl adjacent to an activating group) is 1. The van der Waals surface area contributed by atoms with Crippen LogP contribution in [0, 0.1) is 0 Å². The molecule has 0 radical (unpaired) electrons. The van der Waals surface area contributed by atoms with Crippen LogP contribution in [0.5, 0.6) is 11.5 Å². The van der Waals surface area contributed by atoms with Crippen LogP contribution in [0.15, 0.2) is 42.5 Å². The van der Waals surface area contributed by atoms with Crippen molar-refractivity contribution in [2.45, 2.75) is 18.0 Å². The van der Waals surface area contributed by atoms with Gasteiger partial charge in [0.25, 0.3) is 0 Å².